The van der Waals surface area contributed by atoms with Crippen molar-refractivity contribution in [3.8, 4) is 0 Å². The molecule has 2 N–H and O–H groups in total. The van der Waals surface area contributed by atoms with Gasteiger partial charge in [0.2, 0.25) is 5.91 Å². The molecule has 0 saturated carbocycles. The highest BCUT2D eigenvalue weighted by Gasteiger charge is 2.32. The smallest absolute Gasteiger partial charge is 0.327 e. The average molecular weight is 262 g/mol. The SMILES string of the molecule is CC(C)(C)C(=O)Nc1cc(C(F)(F)F)c[nH]c1=O. The number of anilines is 1. The molecule has 0 bridgehead atoms. The number of aromatic nitrogens is 1. The number of hydrogen-bond acceptors (Lipinski definition) is 2. The first kappa shape index (κ1) is 14.3. The molecule has 100 valence electrons. The Hall–Kier alpha value is -1.79. The van der Waals surface area contributed by atoms with Gasteiger partial charge in [-0.2, -0.15) is 13.2 Å². The lowest BCUT2D eigenvalue weighted by molar-refractivity contribution is -0.137. The Labute approximate surface area is 101 Å². The van der Waals surface area contributed by atoms with Crippen molar-refractivity contribution in [2.45, 2.75) is 26.9 Å². The van der Waals surface area contributed by atoms with Crippen LogP contribution < -0.4 is 10.9 Å². The van der Waals surface area contributed by atoms with Crippen LogP contribution in [0.5, 0.6) is 0 Å². The maximum atomic E-state index is 12.4. The molecule has 1 rings (SSSR count). The Morgan fingerprint density at radius 3 is 2.28 bits per heavy atom. The zero-order chi connectivity index (χ0) is 14.1. The largest absolute Gasteiger partial charge is 0.417 e. The number of nitrogens with one attached hydrogen (secondary N) is 2. The second-order valence-corrected chi connectivity index (χ2v) is 4.83. The van der Waals surface area contributed by atoms with E-state index in [1.54, 1.807) is 20.8 Å². The van der Waals surface area contributed by atoms with Crippen LogP contribution in [0.4, 0.5) is 18.9 Å². The van der Waals surface area contributed by atoms with Crippen LogP contribution >= 0.6 is 0 Å². The molecule has 0 unspecified atom stereocenters. The van der Waals surface area contributed by atoms with Gasteiger partial charge in [0.15, 0.2) is 0 Å². The van der Waals surface area contributed by atoms with E-state index in [0.717, 1.165) is 0 Å². The molecule has 0 atom stereocenters. The molecule has 0 saturated heterocycles. The number of aromatic amines is 1. The summed E-state index contributed by atoms with van der Waals surface area (Å²) in [6, 6.07) is 0.614. The molecule has 0 aliphatic rings. The Balaban J connectivity index is 3.11. The van der Waals surface area contributed by atoms with E-state index >= 15 is 0 Å². The number of halogens is 3. The lowest BCUT2D eigenvalue weighted by Gasteiger charge is -2.17. The minimum Gasteiger partial charge on any atom is -0.327 e. The molecule has 1 amide bonds. The van der Waals surface area contributed by atoms with Crippen LogP contribution in [0.1, 0.15) is 26.3 Å². The monoisotopic (exact) mass is 262 g/mol. The molecule has 0 spiro atoms. The number of alkyl halides is 3. The van der Waals surface area contributed by atoms with Crippen molar-refractivity contribution in [3.05, 3.63) is 28.2 Å². The van der Waals surface area contributed by atoms with Gasteiger partial charge in [0, 0.05) is 11.6 Å². The molecule has 0 fully saturated rings. The minimum absolute atomic E-state index is 0.412. The number of carbonyl (C=O) groups excluding carboxylic acids is 1. The van der Waals surface area contributed by atoms with Crippen molar-refractivity contribution >= 4 is 11.6 Å². The molecule has 0 radical (unpaired) electrons. The van der Waals surface area contributed by atoms with Crippen LogP contribution in [-0.4, -0.2) is 10.9 Å². The molecule has 0 aliphatic heterocycles. The topological polar surface area (TPSA) is 62.0 Å². The number of hydrogen-bond donors (Lipinski definition) is 2. The predicted octanol–water partition coefficient (Wildman–Crippen LogP) is 2.38. The van der Waals surface area contributed by atoms with Crippen LogP contribution in [0.15, 0.2) is 17.1 Å². The highest BCUT2D eigenvalue weighted by molar-refractivity contribution is 5.94. The Kier molecular flexibility index (Phi) is 3.54. The summed E-state index contributed by atoms with van der Waals surface area (Å²) in [6.07, 6.45) is -4.01. The third-order valence-corrected chi connectivity index (χ3v) is 2.16. The summed E-state index contributed by atoms with van der Waals surface area (Å²) >= 11 is 0. The van der Waals surface area contributed by atoms with E-state index in [1.165, 1.54) is 0 Å². The first-order valence-electron chi connectivity index (χ1n) is 5.13. The van der Waals surface area contributed by atoms with Crippen molar-refractivity contribution in [1.29, 1.82) is 0 Å². The zero-order valence-electron chi connectivity index (χ0n) is 10.1. The molecule has 0 aliphatic carbocycles. The molecule has 1 aromatic rings. The molecule has 4 nitrogen and oxygen atoms in total. The van der Waals surface area contributed by atoms with Gasteiger partial charge in [-0.15, -0.1) is 0 Å². The maximum Gasteiger partial charge on any atom is 0.417 e. The number of pyridine rings is 1. The van der Waals surface area contributed by atoms with Crippen molar-refractivity contribution in [2.24, 2.45) is 5.41 Å². The van der Waals surface area contributed by atoms with E-state index in [2.05, 4.69) is 5.32 Å². The number of carbonyl (C=O) groups is 1. The minimum atomic E-state index is -4.58. The van der Waals surface area contributed by atoms with Crippen molar-refractivity contribution in [3.63, 3.8) is 0 Å². The van der Waals surface area contributed by atoms with E-state index in [0.29, 0.717) is 12.3 Å². The van der Waals surface area contributed by atoms with Crippen LogP contribution in [0.2, 0.25) is 0 Å². The second-order valence-electron chi connectivity index (χ2n) is 4.83. The maximum absolute atomic E-state index is 12.4. The van der Waals surface area contributed by atoms with Crippen LogP contribution in [-0.2, 0) is 11.0 Å². The average Bonchev–Trinajstić information content (AvgIpc) is 2.18. The highest BCUT2D eigenvalue weighted by Crippen LogP contribution is 2.29. The van der Waals surface area contributed by atoms with Gasteiger partial charge < -0.3 is 10.3 Å². The van der Waals surface area contributed by atoms with Crippen LogP contribution in [0.25, 0.3) is 0 Å². The van der Waals surface area contributed by atoms with Crippen molar-refractivity contribution < 1.29 is 18.0 Å². The van der Waals surface area contributed by atoms with Gasteiger partial charge >= 0.3 is 6.18 Å². The first-order chi connectivity index (χ1) is 8.01. The summed E-state index contributed by atoms with van der Waals surface area (Å²) in [5, 5.41) is 2.18. The van der Waals surface area contributed by atoms with E-state index in [1.807, 2.05) is 4.98 Å². The van der Waals surface area contributed by atoms with E-state index in [4.69, 9.17) is 0 Å². The third kappa shape index (κ3) is 3.35. The normalized spacial score (nSPS) is 12.3. The van der Waals surface area contributed by atoms with E-state index in [9.17, 15) is 22.8 Å². The summed E-state index contributed by atoms with van der Waals surface area (Å²) in [4.78, 5) is 24.9. The lowest BCUT2D eigenvalue weighted by atomic mass is 9.95. The molecule has 18 heavy (non-hydrogen) atoms. The zero-order valence-corrected chi connectivity index (χ0v) is 10.1. The van der Waals surface area contributed by atoms with Gasteiger partial charge in [0.25, 0.3) is 5.56 Å². The molecule has 1 heterocycles. The summed E-state index contributed by atoms with van der Waals surface area (Å²) in [5.74, 6) is -0.535. The molecule has 0 aromatic carbocycles. The summed E-state index contributed by atoms with van der Waals surface area (Å²) < 4.78 is 37.3. The lowest BCUT2D eigenvalue weighted by Crippen LogP contribution is -2.30. The molecule has 7 heteroatoms. The van der Waals surface area contributed by atoms with Gasteiger partial charge in [0.05, 0.1) is 5.56 Å². The van der Waals surface area contributed by atoms with Crippen LogP contribution in [0.3, 0.4) is 0 Å². The second kappa shape index (κ2) is 4.47. The van der Waals surface area contributed by atoms with Crippen LogP contribution in [0, 0.1) is 5.41 Å². The van der Waals surface area contributed by atoms with E-state index < -0.39 is 34.3 Å². The Morgan fingerprint density at radius 2 is 1.83 bits per heavy atom. The highest BCUT2D eigenvalue weighted by atomic mass is 19.4. The standard InChI is InChI=1S/C11H13F3N2O2/c1-10(2,3)9(18)16-7-4-6(11(12,13)14)5-15-8(7)17/h4-5H,1-3H3,(H,15,17)(H,16,18). The van der Waals surface area contributed by atoms with Gasteiger partial charge in [-0.1, -0.05) is 20.8 Å². The Morgan fingerprint density at radius 1 is 1.28 bits per heavy atom. The molecular formula is C11H13F3N2O2. The third-order valence-electron chi connectivity index (χ3n) is 2.16. The molecular weight excluding hydrogens is 249 g/mol. The first-order valence-corrected chi connectivity index (χ1v) is 5.13. The summed E-state index contributed by atoms with van der Waals surface area (Å²) in [7, 11) is 0. The van der Waals surface area contributed by atoms with Gasteiger partial charge in [-0.05, 0) is 6.07 Å². The number of amides is 1. The number of rotatable bonds is 1. The fraction of sp³-hybridized carbons (Fsp3) is 0.455. The summed E-state index contributed by atoms with van der Waals surface area (Å²) in [6.45, 7) is 4.76. The van der Waals surface area contributed by atoms with Gasteiger partial charge in [-0.3, -0.25) is 9.59 Å². The number of H-pyrrole nitrogens is 1. The van der Waals surface area contributed by atoms with Crippen molar-refractivity contribution in [1.82, 2.24) is 4.98 Å². The fourth-order valence-electron chi connectivity index (χ4n) is 1.05. The molecule has 1 aromatic heterocycles. The quantitative estimate of drug-likeness (QED) is 0.816. The van der Waals surface area contributed by atoms with Gasteiger partial charge in [0.1, 0.15) is 5.69 Å². The summed E-state index contributed by atoms with van der Waals surface area (Å²) in [5.41, 5.74) is -3.02. The Bertz CT molecular complexity index is 512. The van der Waals surface area contributed by atoms with Crippen molar-refractivity contribution in [2.75, 3.05) is 5.32 Å². The predicted molar refractivity (Wildman–Crippen MR) is 60.1 cm³/mol. The fourth-order valence-corrected chi connectivity index (χ4v) is 1.05. The van der Waals surface area contributed by atoms with Gasteiger partial charge in [-0.25, -0.2) is 0 Å². The van der Waals surface area contributed by atoms with E-state index in [-0.39, 0.29) is 0 Å².